The highest BCUT2D eigenvalue weighted by atomic mass is 32.2. The van der Waals surface area contributed by atoms with Crippen molar-refractivity contribution in [3.63, 3.8) is 0 Å². The number of aryl methyl sites for hydroxylation is 1. The molecule has 1 heterocycles. The molecule has 0 aliphatic heterocycles. The van der Waals surface area contributed by atoms with Crippen molar-refractivity contribution < 1.29 is 17.6 Å². The van der Waals surface area contributed by atoms with Crippen LogP contribution in [0, 0.1) is 11.7 Å². The molecule has 1 amide bonds. The van der Waals surface area contributed by atoms with E-state index in [0.717, 1.165) is 17.8 Å². The Balaban J connectivity index is 2.24. The van der Waals surface area contributed by atoms with Gasteiger partial charge in [0, 0.05) is 32.0 Å². The number of sulfonamides is 1. The zero-order valence-electron chi connectivity index (χ0n) is 17.5. The topological polar surface area (TPSA) is 62.6 Å². The first kappa shape index (κ1) is 23.1. The molecule has 1 aromatic carbocycles. The van der Waals surface area contributed by atoms with E-state index in [2.05, 4.69) is 0 Å². The molecule has 6 nitrogen and oxygen atoms in total. The third-order valence-electron chi connectivity index (χ3n) is 4.58. The van der Waals surface area contributed by atoms with E-state index in [1.807, 2.05) is 50.7 Å². The van der Waals surface area contributed by atoms with Crippen LogP contribution in [-0.4, -0.2) is 47.7 Å². The summed E-state index contributed by atoms with van der Waals surface area (Å²) in [6, 6.07) is 8.54. The molecule has 2 aromatic rings. The minimum absolute atomic E-state index is 0.0157. The van der Waals surface area contributed by atoms with Gasteiger partial charge in [-0.1, -0.05) is 20.8 Å². The quantitative estimate of drug-likeness (QED) is 0.589. The largest absolute Gasteiger partial charge is 0.353 e. The van der Waals surface area contributed by atoms with Crippen LogP contribution in [0.15, 0.2) is 47.5 Å². The molecule has 0 atom stereocenters. The summed E-state index contributed by atoms with van der Waals surface area (Å²) < 4.78 is 42.4. The molecule has 0 saturated heterocycles. The number of hydrogen-bond donors (Lipinski definition) is 0. The van der Waals surface area contributed by atoms with Crippen molar-refractivity contribution in [1.29, 1.82) is 0 Å². The maximum Gasteiger partial charge on any atom is 0.243 e. The van der Waals surface area contributed by atoms with Crippen molar-refractivity contribution in [3.8, 4) is 0 Å². The number of carbonyl (C=O) groups is 1. The van der Waals surface area contributed by atoms with Crippen LogP contribution in [0.25, 0.3) is 0 Å². The first-order valence-electron chi connectivity index (χ1n) is 9.78. The molecule has 0 N–H and O–H groups in total. The molecule has 0 aliphatic carbocycles. The van der Waals surface area contributed by atoms with Crippen LogP contribution in [0.3, 0.4) is 0 Å². The first-order chi connectivity index (χ1) is 13.6. The van der Waals surface area contributed by atoms with Gasteiger partial charge in [-0.15, -0.1) is 0 Å². The summed E-state index contributed by atoms with van der Waals surface area (Å²) in [6.45, 7) is 6.80. The predicted octanol–water partition coefficient (Wildman–Crippen LogP) is 3.25. The van der Waals surface area contributed by atoms with Crippen LogP contribution in [0.5, 0.6) is 0 Å². The Morgan fingerprint density at radius 2 is 1.83 bits per heavy atom. The summed E-state index contributed by atoms with van der Waals surface area (Å²) in [7, 11) is -1.98. The Labute approximate surface area is 173 Å². The van der Waals surface area contributed by atoms with Gasteiger partial charge in [0.2, 0.25) is 15.9 Å². The second-order valence-electron chi connectivity index (χ2n) is 7.57. The number of halogens is 1. The lowest BCUT2D eigenvalue weighted by atomic mass is 10.2. The lowest BCUT2D eigenvalue weighted by molar-refractivity contribution is -0.132. The third kappa shape index (κ3) is 6.14. The molecule has 29 heavy (non-hydrogen) atoms. The molecule has 0 aliphatic rings. The van der Waals surface area contributed by atoms with Crippen molar-refractivity contribution in [3.05, 3.63) is 54.1 Å². The number of benzene rings is 1. The van der Waals surface area contributed by atoms with E-state index in [-0.39, 0.29) is 29.8 Å². The second kappa shape index (κ2) is 10.0. The zero-order valence-corrected chi connectivity index (χ0v) is 18.3. The summed E-state index contributed by atoms with van der Waals surface area (Å²) in [5.41, 5.74) is 0.974. The van der Waals surface area contributed by atoms with Crippen LogP contribution in [0.2, 0.25) is 0 Å². The van der Waals surface area contributed by atoms with Crippen molar-refractivity contribution in [2.75, 3.05) is 19.6 Å². The Morgan fingerprint density at radius 3 is 2.34 bits per heavy atom. The summed E-state index contributed by atoms with van der Waals surface area (Å²) in [5.74, 6) is -0.515. The minimum atomic E-state index is -3.89. The lowest BCUT2D eigenvalue weighted by Gasteiger charge is -2.28. The molecule has 2 rings (SSSR count). The molecule has 0 saturated carbocycles. The minimum Gasteiger partial charge on any atom is -0.353 e. The molecule has 1 aromatic heterocycles. The van der Waals surface area contributed by atoms with E-state index in [4.69, 9.17) is 0 Å². The van der Waals surface area contributed by atoms with Gasteiger partial charge in [-0.2, -0.15) is 4.31 Å². The maximum absolute atomic E-state index is 13.2. The molecule has 0 spiro atoms. The SMILES string of the molecule is CCCN(CC(=O)N(Cc1cccn1C)CC(C)C)S(=O)(=O)c1ccc(F)cc1. The standard InChI is InChI=1S/C21H30FN3O3S/c1-5-12-25(29(27,28)20-10-8-18(22)9-11-20)16-21(26)24(14-17(2)3)15-19-7-6-13-23(19)4/h6-11,13,17H,5,12,14-16H2,1-4H3. The molecule has 0 unspecified atom stereocenters. The van der Waals surface area contributed by atoms with Crippen molar-refractivity contribution >= 4 is 15.9 Å². The molecule has 0 fully saturated rings. The number of amides is 1. The maximum atomic E-state index is 13.2. The average molecular weight is 424 g/mol. The molecule has 160 valence electrons. The number of carbonyl (C=O) groups excluding carboxylic acids is 1. The van der Waals surface area contributed by atoms with Gasteiger partial charge >= 0.3 is 0 Å². The second-order valence-corrected chi connectivity index (χ2v) is 9.51. The van der Waals surface area contributed by atoms with Crippen LogP contribution < -0.4 is 0 Å². The van der Waals surface area contributed by atoms with E-state index in [9.17, 15) is 17.6 Å². The summed E-state index contributed by atoms with van der Waals surface area (Å²) >= 11 is 0. The summed E-state index contributed by atoms with van der Waals surface area (Å²) in [4.78, 5) is 14.8. The lowest BCUT2D eigenvalue weighted by Crippen LogP contribution is -2.44. The highest BCUT2D eigenvalue weighted by Gasteiger charge is 2.28. The Bertz CT molecular complexity index is 908. The van der Waals surface area contributed by atoms with E-state index in [1.54, 1.807) is 4.90 Å². The van der Waals surface area contributed by atoms with Gasteiger partial charge in [0.05, 0.1) is 18.0 Å². The van der Waals surface area contributed by atoms with Gasteiger partial charge in [0.1, 0.15) is 5.82 Å². The highest BCUT2D eigenvalue weighted by molar-refractivity contribution is 7.89. The van der Waals surface area contributed by atoms with Gasteiger partial charge in [-0.25, -0.2) is 12.8 Å². The molecular weight excluding hydrogens is 393 g/mol. The average Bonchev–Trinajstić information content (AvgIpc) is 3.05. The van der Waals surface area contributed by atoms with Crippen molar-refractivity contribution in [2.24, 2.45) is 13.0 Å². The van der Waals surface area contributed by atoms with Gasteiger partial charge in [0.15, 0.2) is 0 Å². The summed E-state index contributed by atoms with van der Waals surface area (Å²) in [5, 5.41) is 0. The van der Waals surface area contributed by atoms with Gasteiger partial charge in [-0.05, 0) is 48.7 Å². The first-order valence-corrected chi connectivity index (χ1v) is 11.2. The molecule has 0 radical (unpaired) electrons. The fourth-order valence-electron chi connectivity index (χ4n) is 3.09. The van der Waals surface area contributed by atoms with Crippen LogP contribution in [-0.2, 0) is 28.4 Å². The summed E-state index contributed by atoms with van der Waals surface area (Å²) in [6.07, 6.45) is 2.48. The van der Waals surface area contributed by atoms with E-state index >= 15 is 0 Å². The molecule has 8 heteroatoms. The monoisotopic (exact) mass is 423 g/mol. The van der Waals surface area contributed by atoms with Gasteiger partial charge < -0.3 is 9.47 Å². The normalized spacial score (nSPS) is 12.0. The molecule has 0 bridgehead atoms. The fourth-order valence-corrected chi connectivity index (χ4v) is 4.57. The van der Waals surface area contributed by atoms with Gasteiger partial charge in [-0.3, -0.25) is 4.79 Å². The van der Waals surface area contributed by atoms with Crippen molar-refractivity contribution in [1.82, 2.24) is 13.8 Å². The smallest absolute Gasteiger partial charge is 0.243 e. The van der Waals surface area contributed by atoms with Crippen LogP contribution >= 0.6 is 0 Å². The van der Waals surface area contributed by atoms with Crippen molar-refractivity contribution in [2.45, 2.75) is 38.6 Å². The number of aromatic nitrogens is 1. The fraction of sp³-hybridized carbons (Fsp3) is 0.476. The Hall–Kier alpha value is -2.19. The number of hydrogen-bond acceptors (Lipinski definition) is 3. The highest BCUT2D eigenvalue weighted by Crippen LogP contribution is 2.18. The van der Waals surface area contributed by atoms with Crippen LogP contribution in [0.1, 0.15) is 32.9 Å². The number of rotatable bonds is 10. The third-order valence-corrected chi connectivity index (χ3v) is 6.44. The zero-order chi connectivity index (χ0) is 21.6. The van der Waals surface area contributed by atoms with E-state index in [1.165, 1.54) is 16.4 Å². The van der Waals surface area contributed by atoms with E-state index in [0.29, 0.717) is 19.5 Å². The van der Waals surface area contributed by atoms with E-state index < -0.39 is 15.8 Å². The number of nitrogens with zero attached hydrogens (tertiary/aromatic N) is 3. The predicted molar refractivity (Wildman–Crippen MR) is 111 cm³/mol. The molecular formula is C21H30FN3O3S. The Morgan fingerprint density at radius 1 is 1.17 bits per heavy atom. The van der Waals surface area contributed by atoms with Gasteiger partial charge in [0.25, 0.3) is 0 Å². The van der Waals surface area contributed by atoms with Crippen LogP contribution in [0.4, 0.5) is 4.39 Å². The Kier molecular flexibility index (Phi) is 7.98.